The quantitative estimate of drug-likeness (QED) is 0.0271. The van der Waals surface area contributed by atoms with Crippen LogP contribution < -0.4 is 5.32 Å². The molecule has 6 saturated carbocycles. The van der Waals surface area contributed by atoms with Gasteiger partial charge in [0, 0.05) is 37.2 Å². The number of carboxylic acid groups (broad SMARTS) is 2. The Morgan fingerprint density at radius 3 is 2.23 bits per heavy atom. The number of aliphatic imine (C=N–C) groups is 1. The highest BCUT2D eigenvalue weighted by Gasteiger charge is 2.48. The average molecular weight is 809 g/mol. The standard InChI is InChI=1S/C39H64N6O10S/c1-2-52-34-21-32(43-42-28-8-6-7-25(17-28)39(49)50)31(40-22-53-29-9-4-3-5-10-29)20-33(34)44-45-36-35(56-55-54-51)18-24-13-16-27(19-30(24)37(36)46)41-26-14-11-23(12-15-26)38(47)48/h22-37,41,46,51H,2-21H2,1H3,(H,47,48)(H,49,50). The number of nitrogens with one attached hydrogen (secondary N) is 1. The van der Waals surface area contributed by atoms with Crippen molar-refractivity contribution in [3.63, 3.8) is 0 Å². The smallest absolute Gasteiger partial charge is 0.306 e. The third-order valence-corrected chi connectivity index (χ3v) is 14.3. The molecule has 12 unspecified atom stereocenters. The van der Waals surface area contributed by atoms with Gasteiger partial charge in [-0.3, -0.25) is 14.6 Å². The van der Waals surface area contributed by atoms with Crippen LogP contribution in [0, 0.1) is 23.7 Å². The molecule has 5 N–H and O–H groups in total. The molecule has 0 amide bonds. The minimum absolute atomic E-state index is 0.0129. The van der Waals surface area contributed by atoms with Crippen LogP contribution in [0.4, 0.5) is 0 Å². The van der Waals surface area contributed by atoms with Gasteiger partial charge in [0.05, 0.1) is 59.6 Å². The van der Waals surface area contributed by atoms with Gasteiger partial charge in [0.15, 0.2) is 6.40 Å². The second-order valence-electron chi connectivity index (χ2n) is 17.1. The van der Waals surface area contributed by atoms with Crippen molar-refractivity contribution in [1.29, 1.82) is 0 Å². The minimum atomic E-state index is -0.803. The number of hydrogen-bond acceptors (Lipinski definition) is 15. The van der Waals surface area contributed by atoms with E-state index >= 15 is 0 Å². The molecule has 0 radical (unpaired) electrons. The molecule has 0 spiro atoms. The van der Waals surface area contributed by atoms with E-state index in [0.29, 0.717) is 51.6 Å². The summed E-state index contributed by atoms with van der Waals surface area (Å²) in [6.07, 6.45) is 16.3. The molecule has 0 aromatic carbocycles. The van der Waals surface area contributed by atoms with E-state index in [1.165, 1.54) is 6.42 Å². The van der Waals surface area contributed by atoms with Crippen molar-refractivity contribution < 1.29 is 49.0 Å². The third-order valence-electron chi connectivity index (χ3n) is 13.5. The number of carbonyl (C=O) groups is 2. The molecule has 6 aliphatic carbocycles. The summed E-state index contributed by atoms with van der Waals surface area (Å²) in [5.74, 6) is -1.92. The van der Waals surface area contributed by atoms with Gasteiger partial charge in [-0.25, -0.2) is 5.26 Å². The lowest BCUT2D eigenvalue weighted by molar-refractivity contribution is -0.432. The summed E-state index contributed by atoms with van der Waals surface area (Å²) in [5.41, 5.74) is 0. The molecular formula is C39H64N6O10S. The summed E-state index contributed by atoms with van der Waals surface area (Å²) in [5, 5.41) is 66.8. The van der Waals surface area contributed by atoms with Crippen molar-refractivity contribution in [3.05, 3.63) is 0 Å². The monoisotopic (exact) mass is 808 g/mol. The fourth-order valence-electron chi connectivity index (χ4n) is 10.3. The molecule has 17 heteroatoms. The van der Waals surface area contributed by atoms with Gasteiger partial charge in [-0.1, -0.05) is 17.9 Å². The van der Waals surface area contributed by atoms with E-state index in [9.17, 15) is 24.9 Å². The summed E-state index contributed by atoms with van der Waals surface area (Å²) < 4.78 is 17.3. The van der Waals surface area contributed by atoms with E-state index in [0.717, 1.165) is 82.7 Å². The lowest BCUT2D eigenvalue weighted by atomic mass is 9.66. The van der Waals surface area contributed by atoms with Crippen molar-refractivity contribution in [2.75, 3.05) is 6.61 Å². The largest absolute Gasteiger partial charge is 0.481 e. The highest BCUT2D eigenvalue weighted by molar-refractivity contribution is 7.95. The lowest BCUT2D eigenvalue weighted by Crippen LogP contribution is -2.54. The zero-order valence-corrected chi connectivity index (χ0v) is 33.6. The molecular weight excluding hydrogens is 745 g/mol. The van der Waals surface area contributed by atoms with Gasteiger partial charge < -0.3 is 30.1 Å². The summed E-state index contributed by atoms with van der Waals surface area (Å²) in [6.45, 7) is 2.40. The van der Waals surface area contributed by atoms with Gasteiger partial charge >= 0.3 is 11.9 Å². The number of azo groups is 2. The van der Waals surface area contributed by atoms with Crippen molar-refractivity contribution in [2.24, 2.45) is 49.1 Å². The molecule has 0 bridgehead atoms. The van der Waals surface area contributed by atoms with Crippen LogP contribution in [0.2, 0.25) is 0 Å². The van der Waals surface area contributed by atoms with E-state index in [-0.39, 0.29) is 71.5 Å². The van der Waals surface area contributed by atoms with Crippen molar-refractivity contribution in [2.45, 2.75) is 195 Å². The maximum atomic E-state index is 12.0. The number of aliphatic hydroxyl groups is 1. The van der Waals surface area contributed by atoms with Gasteiger partial charge in [0.2, 0.25) is 0 Å². The van der Waals surface area contributed by atoms with Crippen LogP contribution in [-0.4, -0.2) is 111 Å². The van der Waals surface area contributed by atoms with Gasteiger partial charge in [0.1, 0.15) is 6.04 Å². The average Bonchev–Trinajstić information content (AvgIpc) is 3.21. The number of fused-ring (bicyclic) bond motifs is 1. The Bertz CT molecular complexity index is 1330. The highest BCUT2D eigenvalue weighted by atomic mass is 32.2. The van der Waals surface area contributed by atoms with Crippen LogP contribution in [0.1, 0.15) is 129 Å². The van der Waals surface area contributed by atoms with Crippen LogP contribution in [0.5, 0.6) is 0 Å². The number of aliphatic hydroxyl groups excluding tert-OH is 1. The second kappa shape index (κ2) is 21.6. The molecule has 12 atom stereocenters. The number of nitrogens with zero attached hydrogens (tertiary/aromatic N) is 5. The molecule has 0 heterocycles. The first kappa shape index (κ1) is 43.3. The first-order chi connectivity index (χ1) is 27.2. The third kappa shape index (κ3) is 11.9. The maximum Gasteiger partial charge on any atom is 0.306 e. The molecule has 0 aromatic heterocycles. The molecule has 316 valence electrons. The maximum absolute atomic E-state index is 12.0. The molecule has 16 nitrogen and oxygen atoms in total. The Hall–Kier alpha value is -2.28. The zero-order valence-electron chi connectivity index (χ0n) is 32.8. The predicted octanol–water partition coefficient (Wildman–Crippen LogP) is 6.81. The minimum Gasteiger partial charge on any atom is -0.481 e. The molecule has 0 aromatic rings. The first-order valence-electron chi connectivity index (χ1n) is 21.3. The van der Waals surface area contributed by atoms with Crippen LogP contribution in [-0.2, 0) is 28.4 Å². The van der Waals surface area contributed by atoms with Crippen molar-refractivity contribution in [3.8, 4) is 0 Å². The van der Waals surface area contributed by atoms with Crippen LogP contribution in [0.3, 0.4) is 0 Å². The van der Waals surface area contributed by atoms with Crippen molar-refractivity contribution >= 4 is 30.4 Å². The second-order valence-corrected chi connectivity index (χ2v) is 18.1. The summed E-state index contributed by atoms with van der Waals surface area (Å²) in [4.78, 5) is 28.1. The summed E-state index contributed by atoms with van der Waals surface area (Å²) in [7, 11) is 0. The molecule has 56 heavy (non-hydrogen) atoms. The fourth-order valence-corrected chi connectivity index (χ4v) is 11.1. The Kier molecular flexibility index (Phi) is 16.7. The van der Waals surface area contributed by atoms with Gasteiger partial charge in [-0.05, 0) is 121 Å². The Balaban J connectivity index is 1.15. The van der Waals surface area contributed by atoms with E-state index in [2.05, 4.69) is 10.4 Å². The van der Waals surface area contributed by atoms with E-state index < -0.39 is 30.0 Å². The molecule has 0 aliphatic heterocycles. The first-order valence-corrected chi connectivity index (χ1v) is 22.1. The number of rotatable bonds is 16. The number of carboxylic acids is 2. The van der Waals surface area contributed by atoms with E-state index in [1.54, 1.807) is 6.40 Å². The van der Waals surface area contributed by atoms with Gasteiger partial charge in [-0.2, -0.15) is 20.5 Å². The van der Waals surface area contributed by atoms with Gasteiger partial charge in [0.25, 0.3) is 0 Å². The molecule has 6 fully saturated rings. The Labute approximate surface area is 334 Å². The molecule has 0 saturated heterocycles. The van der Waals surface area contributed by atoms with E-state index in [1.807, 2.05) is 6.92 Å². The highest BCUT2D eigenvalue weighted by Crippen LogP contribution is 2.46. The number of ether oxygens (including phenoxy) is 2. The fraction of sp³-hybridized carbons (Fsp3) is 0.923. The normalized spacial score (nSPS) is 40.2. The Morgan fingerprint density at radius 2 is 1.50 bits per heavy atom. The van der Waals surface area contributed by atoms with Gasteiger partial charge in [-0.15, -0.1) is 4.33 Å². The SMILES string of the molecule is CCOC1CC(N=NC2CCCC(C(=O)O)C2)C(N=COC2CCCCC2)CC1N=NC1C(SOOO)CC2CCC(NC3CCC(C(=O)O)CC3)CC2C1O. The summed E-state index contributed by atoms with van der Waals surface area (Å²) in [6, 6.07) is -1.26. The molecule has 6 rings (SSSR count). The zero-order chi connectivity index (χ0) is 39.4. The number of hydrogen-bond donors (Lipinski definition) is 5. The molecule has 6 aliphatic rings. The van der Waals surface area contributed by atoms with Crippen LogP contribution in [0.15, 0.2) is 25.4 Å². The topological polar surface area (TPSA) is 226 Å². The summed E-state index contributed by atoms with van der Waals surface area (Å²) >= 11 is 0.957. The van der Waals surface area contributed by atoms with E-state index in [4.69, 9.17) is 44.5 Å². The number of aliphatic carboxylic acids is 2. The van der Waals surface area contributed by atoms with Crippen LogP contribution >= 0.6 is 12.0 Å². The van der Waals surface area contributed by atoms with Crippen LogP contribution in [0.25, 0.3) is 0 Å². The predicted molar refractivity (Wildman–Crippen MR) is 207 cm³/mol. The van der Waals surface area contributed by atoms with Crippen molar-refractivity contribution in [1.82, 2.24) is 5.32 Å². The Morgan fingerprint density at radius 1 is 0.750 bits per heavy atom. The lowest BCUT2D eigenvalue weighted by Gasteiger charge is -2.47.